The summed E-state index contributed by atoms with van der Waals surface area (Å²) >= 11 is 0. The van der Waals surface area contributed by atoms with Gasteiger partial charge in [-0.1, -0.05) is 36.4 Å². The second-order valence-corrected chi connectivity index (χ2v) is 4.75. The fourth-order valence-electron chi connectivity index (χ4n) is 2.86. The number of hydrogen-bond acceptors (Lipinski definition) is 3. The molecule has 3 heteroatoms. The van der Waals surface area contributed by atoms with Crippen LogP contribution in [0.25, 0.3) is 32.3 Å². The van der Waals surface area contributed by atoms with Crippen LogP contribution in [0.2, 0.25) is 0 Å². The van der Waals surface area contributed by atoms with Crippen molar-refractivity contribution >= 4 is 38.0 Å². The highest BCUT2D eigenvalue weighted by atomic mass is 16.2. The van der Waals surface area contributed by atoms with E-state index < -0.39 is 10.9 Å². The van der Waals surface area contributed by atoms with Gasteiger partial charge in [-0.3, -0.25) is 9.59 Å². The topological polar surface area (TPSA) is 60.2 Å². The van der Waals surface area contributed by atoms with Crippen LogP contribution >= 0.6 is 0 Å². The van der Waals surface area contributed by atoms with E-state index in [0.717, 1.165) is 21.5 Å². The van der Waals surface area contributed by atoms with E-state index in [-0.39, 0.29) is 5.69 Å². The SMILES string of the molecule is Nc1c(=O)c(=O)c2ccc3cccc4ccc1c2c43. The van der Waals surface area contributed by atoms with Crippen molar-refractivity contribution < 1.29 is 0 Å². The molecule has 2 N–H and O–H groups in total. The highest BCUT2D eigenvalue weighted by Crippen LogP contribution is 2.33. The van der Waals surface area contributed by atoms with Gasteiger partial charge in [0.15, 0.2) is 0 Å². The lowest BCUT2D eigenvalue weighted by atomic mass is 9.93. The molecule has 0 aromatic heterocycles. The largest absolute Gasteiger partial charge is 0.395 e. The minimum atomic E-state index is -0.606. The Morgan fingerprint density at radius 2 is 1.32 bits per heavy atom. The summed E-state index contributed by atoms with van der Waals surface area (Å²) < 4.78 is 0. The monoisotopic (exact) mass is 247 g/mol. The molecule has 0 amide bonds. The third-order valence-corrected chi connectivity index (χ3v) is 3.76. The first-order valence-corrected chi connectivity index (χ1v) is 6.01. The second kappa shape index (κ2) is 3.20. The summed E-state index contributed by atoms with van der Waals surface area (Å²) in [6, 6.07) is 13.3. The maximum absolute atomic E-state index is 12.1. The zero-order valence-corrected chi connectivity index (χ0v) is 9.94. The molecule has 0 saturated carbocycles. The molecule has 3 nitrogen and oxygen atoms in total. The number of nitrogens with two attached hydrogens (primary N) is 1. The number of hydrogen-bond donors (Lipinski definition) is 1. The van der Waals surface area contributed by atoms with Gasteiger partial charge in [-0.05, 0) is 22.2 Å². The van der Waals surface area contributed by atoms with E-state index in [9.17, 15) is 9.59 Å². The van der Waals surface area contributed by atoms with Crippen LogP contribution in [0.5, 0.6) is 0 Å². The number of nitrogen functional groups attached to an aromatic ring is 1. The third kappa shape index (κ3) is 1.12. The predicted octanol–water partition coefficient (Wildman–Crippen LogP) is 2.32. The van der Waals surface area contributed by atoms with Gasteiger partial charge in [-0.15, -0.1) is 0 Å². The molecule has 0 fully saturated rings. The van der Waals surface area contributed by atoms with Gasteiger partial charge >= 0.3 is 0 Å². The first kappa shape index (κ1) is 10.3. The van der Waals surface area contributed by atoms with Crippen molar-refractivity contribution in [1.82, 2.24) is 0 Å². The fraction of sp³-hybridized carbons (Fsp3) is 0. The molecule has 4 rings (SSSR count). The Morgan fingerprint density at radius 1 is 0.684 bits per heavy atom. The normalized spacial score (nSPS) is 11.8. The smallest absolute Gasteiger partial charge is 0.249 e. The molecule has 0 atom stereocenters. The Balaban J connectivity index is 2.55. The number of rotatable bonds is 0. The summed E-state index contributed by atoms with van der Waals surface area (Å²) in [5.74, 6) is 0. The Kier molecular flexibility index (Phi) is 1.73. The number of benzene rings is 4. The first-order chi connectivity index (χ1) is 9.18. The van der Waals surface area contributed by atoms with Crippen LogP contribution in [0.4, 0.5) is 5.69 Å². The van der Waals surface area contributed by atoms with E-state index in [1.807, 2.05) is 36.4 Å². The standard InChI is InChI=1S/C16H9NO2/c17-14-10-6-4-8-2-1-3-9-5-7-11(13(10)12(8)9)15(18)16(14)19/h1-7H,17H2. The summed E-state index contributed by atoms with van der Waals surface area (Å²) in [6.45, 7) is 0. The molecular weight excluding hydrogens is 238 g/mol. The van der Waals surface area contributed by atoms with Crippen molar-refractivity contribution in [3.05, 3.63) is 62.9 Å². The van der Waals surface area contributed by atoms with Crippen LogP contribution < -0.4 is 16.6 Å². The van der Waals surface area contributed by atoms with Gasteiger partial charge in [0, 0.05) is 16.2 Å². The van der Waals surface area contributed by atoms with E-state index in [1.54, 1.807) is 6.07 Å². The van der Waals surface area contributed by atoms with E-state index >= 15 is 0 Å². The molecule has 4 aromatic carbocycles. The van der Waals surface area contributed by atoms with Crippen LogP contribution in [-0.4, -0.2) is 0 Å². The highest BCUT2D eigenvalue weighted by Gasteiger charge is 2.15. The molecule has 0 unspecified atom stereocenters. The van der Waals surface area contributed by atoms with E-state index in [0.29, 0.717) is 10.8 Å². The highest BCUT2D eigenvalue weighted by molar-refractivity contribution is 6.24. The minimum Gasteiger partial charge on any atom is -0.395 e. The van der Waals surface area contributed by atoms with Gasteiger partial charge in [-0.2, -0.15) is 0 Å². The van der Waals surface area contributed by atoms with Gasteiger partial charge in [-0.25, -0.2) is 0 Å². The molecule has 0 saturated heterocycles. The molecule has 0 aliphatic rings. The average Bonchev–Trinajstić information content (AvgIpc) is 2.45. The van der Waals surface area contributed by atoms with E-state index in [1.165, 1.54) is 0 Å². The Hall–Kier alpha value is -2.68. The molecule has 0 heterocycles. The van der Waals surface area contributed by atoms with Gasteiger partial charge < -0.3 is 5.73 Å². The lowest BCUT2D eigenvalue weighted by Crippen LogP contribution is -2.26. The van der Waals surface area contributed by atoms with Crippen molar-refractivity contribution in [2.24, 2.45) is 0 Å². The quantitative estimate of drug-likeness (QED) is 0.295. The lowest BCUT2D eigenvalue weighted by molar-refractivity contribution is 1.56. The number of anilines is 1. The molecular formula is C16H9NO2. The van der Waals surface area contributed by atoms with E-state index in [2.05, 4.69) is 0 Å². The summed E-state index contributed by atoms with van der Waals surface area (Å²) in [4.78, 5) is 23.9. The molecule has 0 aliphatic heterocycles. The van der Waals surface area contributed by atoms with Crippen LogP contribution in [0.3, 0.4) is 0 Å². The molecule has 0 bridgehead atoms. The summed E-state index contributed by atoms with van der Waals surface area (Å²) in [5, 5.41) is 5.03. The fourth-order valence-corrected chi connectivity index (χ4v) is 2.86. The van der Waals surface area contributed by atoms with Gasteiger partial charge in [0.2, 0.25) is 10.9 Å². The van der Waals surface area contributed by atoms with Crippen molar-refractivity contribution in [3.63, 3.8) is 0 Å². The maximum Gasteiger partial charge on any atom is 0.249 e. The molecule has 0 aliphatic carbocycles. The van der Waals surface area contributed by atoms with Gasteiger partial charge in [0.1, 0.15) is 0 Å². The summed E-state index contributed by atoms with van der Waals surface area (Å²) in [6.07, 6.45) is 0. The maximum atomic E-state index is 12.1. The zero-order chi connectivity index (χ0) is 13.1. The average molecular weight is 247 g/mol. The van der Waals surface area contributed by atoms with Gasteiger partial charge in [0.05, 0.1) is 5.69 Å². The zero-order valence-electron chi connectivity index (χ0n) is 9.94. The Morgan fingerprint density at radius 3 is 2.00 bits per heavy atom. The predicted molar refractivity (Wildman–Crippen MR) is 78.3 cm³/mol. The van der Waals surface area contributed by atoms with Crippen molar-refractivity contribution in [1.29, 1.82) is 0 Å². The molecule has 0 spiro atoms. The minimum absolute atomic E-state index is 0.0516. The second-order valence-electron chi connectivity index (χ2n) is 4.75. The Labute approximate surface area is 107 Å². The van der Waals surface area contributed by atoms with Crippen molar-refractivity contribution in [2.45, 2.75) is 0 Å². The van der Waals surface area contributed by atoms with Crippen LogP contribution in [0.15, 0.2) is 52.1 Å². The summed E-state index contributed by atoms with van der Waals surface area (Å²) in [7, 11) is 0. The van der Waals surface area contributed by atoms with E-state index in [4.69, 9.17) is 5.73 Å². The summed E-state index contributed by atoms with van der Waals surface area (Å²) in [5.41, 5.74) is 4.75. The van der Waals surface area contributed by atoms with Crippen LogP contribution in [0, 0.1) is 0 Å². The Bertz CT molecular complexity index is 1040. The van der Waals surface area contributed by atoms with Crippen molar-refractivity contribution in [3.8, 4) is 0 Å². The van der Waals surface area contributed by atoms with Gasteiger partial charge in [0.25, 0.3) is 0 Å². The molecule has 4 aromatic rings. The van der Waals surface area contributed by atoms with Crippen LogP contribution in [-0.2, 0) is 0 Å². The first-order valence-electron chi connectivity index (χ1n) is 6.01. The lowest BCUT2D eigenvalue weighted by Gasteiger charge is -2.10. The molecule has 90 valence electrons. The molecule has 19 heavy (non-hydrogen) atoms. The molecule has 0 radical (unpaired) electrons. The third-order valence-electron chi connectivity index (χ3n) is 3.76. The van der Waals surface area contributed by atoms with Crippen LogP contribution in [0.1, 0.15) is 0 Å². The van der Waals surface area contributed by atoms with Crippen molar-refractivity contribution in [2.75, 3.05) is 5.73 Å².